The van der Waals surface area contributed by atoms with Gasteiger partial charge >= 0.3 is 0 Å². The second-order valence-corrected chi connectivity index (χ2v) is 4.79. The molecule has 0 radical (unpaired) electrons. The lowest BCUT2D eigenvalue weighted by atomic mass is 10.1. The summed E-state index contributed by atoms with van der Waals surface area (Å²) in [5.74, 6) is 0.108. The molecule has 1 atom stereocenters. The number of amides is 2. The predicted octanol–water partition coefficient (Wildman–Crippen LogP) is 1.22. The fourth-order valence-electron chi connectivity index (χ4n) is 2.56. The van der Waals surface area contributed by atoms with Gasteiger partial charge in [0.05, 0.1) is 0 Å². The van der Waals surface area contributed by atoms with Crippen LogP contribution in [0.15, 0.2) is 12.2 Å². The lowest BCUT2D eigenvalue weighted by Gasteiger charge is -2.29. The third kappa shape index (κ3) is 2.68. The van der Waals surface area contributed by atoms with Crippen molar-refractivity contribution in [2.24, 2.45) is 0 Å². The standard InChI is InChI=1S/C13H20N2O2/c1-2-5-11-13(17)15(9-8-12(16)14-11)10-6-3-4-7-10/h3-4,10-11H,2,5-9H2,1H3,(H,14,16). The number of nitrogens with one attached hydrogen (secondary N) is 1. The van der Waals surface area contributed by atoms with Crippen LogP contribution >= 0.6 is 0 Å². The molecule has 0 aromatic carbocycles. The molecule has 0 bridgehead atoms. The molecule has 1 N–H and O–H groups in total. The van der Waals surface area contributed by atoms with Crippen LogP contribution < -0.4 is 5.32 Å². The van der Waals surface area contributed by atoms with E-state index in [0.717, 1.165) is 25.7 Å². The molecule has 2 aliphatic rings. The van der Waals surface area contributed by atoms with E-state index in [1.165, 1.54) is 0 Å². The molecule has 2 amide bonds. The van der Waals surface area contributed by atoms with Gasteiger partial charge < -0.3 is 10.2 Å². The Hall–Kier alpha value is -1.32. The Morgan fingerprint density at radius 1 is 1.35 bits per heavy atom. The maximum atomic E-state index is 12.4. The Balaban J connectivity index is 2.09. The van der Waals surface area contributed by atoms with Gasteiger partial charge in [-0.05, 0) is 19.3 Å². The molecule has 2 rings (SSSR count). The molecule has 17 heavy (non-hydrogen) atoms. The van der Waals surface area contributed by atoms with Gasteiger partial charge in [-0.3, -0.25) is 9.59 Å². The number of carbonyl (C=O) groups excluding carboxylic acids is 2. The molecule has 0 aromatic heterocycles. The Morgan fingerprint density at radius 3 is 2.71 bits per heavy atom. The van der Waals surface area contributed by atoms with Crippen molar-refractivity contribution in [1.82, 2.24) is 10.2 Å². The van der Waals surface area contributed by atoms with Crippen molar-refractivity contribution >= 4 is 11.8 Å². The average Bonchev–Trinajstić information content (AvgIpc) is 2.78. The molecule has 1 aliphatic carbocycles. The molecule has 1 fully saturated rings. The van der Waals surface area contributed by atoms with Crippen LogP contribution in [0.25, 0.3) is 0 Å². The van der Waals surface area contributed by atoms with E-state index >= 15 is 0 Å². The van der Waals surface area contributed by atoms with E-state index < -0.39 is 0 Å². The summed E-state index contributed by atoms with van der Waals surface area (Å²) in [5.41, 5.74) is 0. The van der Waals surface area contributed by atoms with Crippen molar-refractivity contribution in [3.63, 3.8) is 0 Å². The number of rotatable bonds is 3. The first kappa shape index (κ1) is 12.1. The van der Waals surface area contributed by atoms with E-state index in [2.05, 4.69) is 17.5 Å². The maximum Gasteiger partial charge on any atom is 0.245 e. The van der Waals surface area contributed by atoms with Gasteiger partial charge in [-0.25, -0.2) is 0 Å². The summed E-state index contributed by atoms with van der Waals surface area (Å²) >= 11 is 0. The summed E-state index contributed by atoms with van der Waals surface area (Å²) in [6, 6.07) is -0.0369. The van der Waals surface area contributed by atoms with Gasteiger partial charge in [0, 0.05) is 19.0 Å². The first-order chi connectivity index (χ1) is 8.22. The largest absolute Gasteiger partial charge is 0.344 e. The second-order valence-electron chi connectivity index (χ2n) is 4.79. The molecule has 0 aromatic rings. The van der Waals surface area contributed by atoms with Crippen molar-refractivity contribution in [1.29, 1.82) is 0 Å². The molecule has 1 aliphatic heterocycles. The molecular weight excluding hydrogens is 216 g/mol. The monoisotopic (exact) mass is 236 g/mol. The van der Waals surface area contributed by atoms with Crippen LogP contribution in [-0.4, -0.2) is 35.3 Å². The minimum atomic E-state index is -0.310. The molecule has 4 heteroatoms. The quantitative estimate of drug-likeness (QED) is 0.749. The molecule has 94 valence electrons. The van der Waals surface area contributed by atoms with Crippen LogP contribution in [0.5, 0.6) is 0 Å². The highest BCUT2D eigenvalue weighted by atomic mass is 16.2. The Labute approximate surface area is 102 Å². The Bertz CT molecular complexity index is 330. The summed E-state index contributed by atoms with van der Waals surface area (Å²) in [6.45, 7) is 2.60. The molecule has 1 saturated heterocycles. The van der Waals surface area contributed by atoms with E-state index in [-0.39, 0.29) is 23.9 Å². The van der Waals surface area contributed by atoms with Crippen LogP contribution in [0.4, 0.5) is 0 Å². The molecule has 4 nitrogen and oxygen atoms in total. The zero-order valence-electron chi connectivity index (χ0n) is 10.3. The number of carbonyl (C=O) groups is 2. The summed E-state index contributed by atoms with van der Waals surface area (Å²) in [7, 11) is 0. The zero-order chi connectivity index (χ0) is 12.3. The highest BCUT2D eigenvalue weighted by Gasteiger charge is 2.33. The third-order valence-electron chi connectivity index (χ3n) is 3.50. The van der Waals surface area contributed by atoms with Gasteiger partial charge in [-0.2, -0.15) is 0 Å². The summed E-state index contributed by atoms with van der Waals surface area (Å²) in [4.78, 5) is 25.8. The van der Waals surface area contributed by atoms with Gasteiger partial charge in [-0.1, -0.05) is 25.5 Å². The SMILES string of the molecule is CCCC1NC(=O)CCN(C2CC=CC2)C1=O. The summed E-state index contributed by atoms with van der Waals surface area (Å²) < 4.78 is 0. The molecule has 1 heterocycles. The fourth-order valence-corrected chi connectivity index (χ4v) is 2.56. The Morgan fingerprint density at radius 2 is 2.06 bits per heavy atom. The van der Waals surface area contributed by atoms with Gasteiger partial charge in [0.1, 0.15) is 6.04 Å². The third-order valence-corrected chi connectivity index (χ3v) is 3.50. The minimum Gasteiger partial charge on any atom is -0.344 e. The zero-order valence-corrected chi connectivity index (χ0v) is 10.3. The molecule has 0 saturated carbocycles. The number of nitrogens with zero attached hydrogens (tertiary/aromatic N) is 1. The average molecular weight is 236 g/mol. The van der Waals surface area contributed by atoms with E-state index in [0.29, 0.717) is 13.0 Å². The van der Waals surface area contributed by atoms with Crippen molar-refractivity contribution in [2.75, 3.05) is 6.54 Å². The van der Waals surface area contributed by atoms with Gasteiger partial charge in [0.25, 0.3) is 0 Å². The van der Waals surface area contributed by atoms with Crippen LogP contribution in [0.3, 0.4) is 0 Å². The van der Waals surface area contributed by atoms with Crippen LogP contribution in [0.2, 0.25) is 0 Å². The van der Waals surface area contributed by atoms with E-state index in [1.807, 2.05) is 11.8 Å². The Kier molecular flexibility index (Phi) is 3.82. The van der Waals surface area contributed by atoms with Crippen molar-refractivity contribution in [2.45, 2.75) is 51.1 Å². The number of hydrogen-bond acceptors (Lipinski definition) is 2. The van der Waals surface area contributed by atoms with E-state index in [4.69, 9.17) is 0 Å². The van der Waals surface area contributed by atoms with Crippen molar-refractivity contribution < 1.29 is 9.59 Å². The van der Waals surface area contributed by atoms with E-state index in [9.17, 15) is 9.59 Å². The predicted molar refractivity (Wildman–Crippen MR) is 65.3 cm³/mol. The highest BCUT2D eigenvalue weighted by Crippen LogP contribution is 2.20. The van der Waals surface area contributed by atoms with Crippen LogP contribution in [0.1, 0.15) is 39.0 Å². The highest BCUT2D eigenvalue weighted by molar-refractivity contribution is 5.90. The first-order valence-electron chi connectivity index (χ1n) is 6.47. The smallest absolute Gasteiger partial charge is 0.245 e. The van der Waals surface area contributed by atoms with Gasteiger partial charge in [-0.15, -0.1) is 0 Å². The van der Waals surface area contributed by atoms with Gasteiger partial charge in [0.15, 0.2) is 0 Å². The lowest BCUT2D eigenvalue weighted by Crippen LogP contribution is -2.47. The lowest BCUT2D eigenvalue weighted by molar-refractivity contribution is -0.135. The van der Waals surface area contributed by atoms with Crippen molar-refractivity contribution in [3.8, 4) is 0 Å². The summed E-state index contributed by atoms with van der Waals surface area (Å²) in [5, 5.41) is 2.83. The second kappa shape index (κ2) is 5.34. The fraction of sp³-hybridized carbons (Fsp3) is 0.692. The maximum absolute atomic E-state index is 12.4. The van der Waals surface area contributed by atoms with Crippen LogP contribution in [-0.2, 0) is 9.59 Å². The van der Waals surface area contributed by atoms with Gasteiger partial charge in [0.2, 0.25) is 11.8 Å². The topological polar surface area (TPSA) is 49.4 Å². The van der Waals surface area contributed by atoms with Crippen molar-refractivity contribution in [3.05, 3.63) is 12.2 Å². The first-order valence-corrected chi connectivity index (χ1v) is 6.47. The molecular formula is C13H20N2O2. The minimum absolute atomic E-state index is 0.00487. The number of hydrogen-bond donors (Lipinski definition) is 1. The summed E-state index contributed by atoms with van der Waals surface area (Å²) in [6.07, 6.45) is 8.18. The molecule has 0 spiro atoms. The molecule has 1 unspecified atom stereocenters. The normalized spacial score (nSPS) is 26.2. The van der Waals surface area contributed by atoms with E-state index in [1.54, 1.807) is 0 Å². The van der Waals surface area contributed by atoms with Crippen LogP contribution in [0, 0.1) is 0 Å².